The SMILES string of the molecule is CCCCCCCCCCCCCC(=O)OC[C@H](COC(=O)CCCCCCCCCCCCC(C)C)OC(=O)CCCCCCCCCCCCC. The van der Waals surface area contributed by atoms with Gasteiger partial charge in [-0.25, -0.2) is 0 Å². The zero-order chi connectivity index (χ0) is 38.9. The van der Waals surface area contributed by atoms with Gasteiger partial charge >= 0.3 is 17.9 Å². The standard InChI is InChI=1S/C47H90O6/c1-5-7-9-11-13-15-17-22-26-30-34-38-45(48)51-41-44(53-47(50)40-36-32-28-24-18-16-14-12-10-8-6-2)42-52-46(49)39-35-31-27-23-20-19-21-25-29-33-37-43(3)4/h43-44H,5-42H2,1-4H3/t44-/m1/s1. The first-order chi connectivity index (χ1) is 25.9. The quantitative estimate of drug-likeness (QED) is 0.0351. The third kappa shape index (κ3) is 41.4. The van der Waals surface area contributed by atoms with E-state index in [4.69, 9.17) is 14.2 Å². The topological polar surface area (TPSA) is 78.9 Å². The molecule has 0 saturated heterocycles. The molecule has 0 heterocycles. The zero-order valence-corrected chi connectivity index (χ0v) is 36.0. The van der Waals surface area contributed by atoms with Crippen molar-refractivity contribution in [2.45, 2.75) is 265 Å². The van der Waals surface area contributed by atoms with E-state index in [2.05, 4.69) is 27.7 Å². The second kappa shape index (κ2) is 41.6. The maximum Gasteiger partial charge on any atom is 0.306 e. The van der Waals surface area contributed by atoms with Crippen LogP contribution in [-0.4, -0.2) is 37.2 Å². The van der Waals surface area contributed by atoms with E-state index in [9.17, 15) is 14.4 Å². The van der Waals surface area contributed by atoms with Crippen molar-refractivity contribution in [3.63, 3.8) is 0 Å². The third-order valence-corrected chi connectivity index (χ3v) is 10.5. The van der Waals surface area contributed by atoms with Gasteiger partial charge in [-0.15, -0.1) is 0 Å². The van der Waals surface area contributed by atoms with Crippen LogP contribution in [0.25, 0.3) is 0 Å². The Bertz CT molecular complexity index is 796. The van der Waals surface area contributed by atoms with Gasteiger partial charge in [0.1, 0.15) is 13.2 Å². The monoisotopic (exact) mass is 751 g/mol. The molecule has 0 saturated carbocycles. The lowest BCUT2D eigenvalue weighted by molar-refractivity contribution is -0.167. The molecule has 0 aliphatic heterocycles. The van der Waals surface area contributed by atoms with Crippen LogP contribution in [0.3, 0.4) is 0 Å². The molecule has 0 rings (SSSR count). The van der Waals surface area contributed by atoms with E-state index in [-0.39, 0.29) is 31.1 Å². The summed E-state index contributed by atoms with van der Waals surface area (Å²) in [7, 11) is 0. The number of unbranched alkanes of at least 4 members (excludes halogenated alkanes) is 29. The summed E-state index contributed by atoms with van der Waals surface area (Å²) in [4.78, 5) is 37.7. The number of carbonyl (C=O) groups excluding carboxylic acids is 3. The van der Waals surface area contributed by atoms with Crippen LogP contribution in [0.5, 0.6) is 0 Å². The van der Waals surface area contributed by atoms with E-state index in [1.807, 2.05) is 0 Å². The van der Waals surface area contributed by atoms with Gasteiger partial charge in [-0.3, -0.25) is 14.4 Å². The summed E-state index contributed by atoms with van der Waals surface area (Å²) in [6, 6.07) is 0. The molecule has 0 radical (unpaired) electrons. The van der Waals surface area contributed by atoms with Crippen LogP contribution in [-0.2, 0) is 28.6 Å². The Morgan fingerprint density at radius 1 is 0.358 bits per heavy atom. The molecular weight excluding hydrogens is 661 g/mol. The number of hydrogen-bond donors (Lipinski definition) is 0. The molecule has 0 bridgehead atoms. The highest BCUT2D eigenvalue weighted by atomic mass is 16.6. The Balaban J connectivity index is 4.32. The second-order valence-electron chi connectivity index (χ2n) is 16.5. The lowest BCUT2D eigenvalue weighted by Crippen LogP contribution is -2.30. The first kappa shape index (κ1) is 51.4. The van der Waals surface area contributed by atoms with E-state index in [0.29, 0.717) is 19.3 Å². The van der Waals surface area contributed by atoms with Crippen LogP contribution >= 0.6 is 0 Å². The van der Waals surface area contributed by atoms with Crippen molar-refractivity contribution < 1.29 is 28.6 Å². The van der Waals surface area contributed by atoms with Gasteiger partial charge in [0.05, 0.1) is 0 Å². The number of rotatable bonds is 42. The predicted octanol–water partition coefficient (Wildman–Crippen LogP) is 14.7. The highest BCUT2D eigenvalue weighted by Crippen LogP contribution is 2.16. The fourth-order valence-electron chi connectivity index (χ4n) is 6.98. The normalized spacial score (nSPS) is 11.9. The van der Waals surface area contributed by atoms with Crippen molar-refractivity contribution in [3.05, 3.63) is 0 Å². The van der Waals surface area contributed by atoms with Gasteiger partial charge in [-0.2, -0.15) is 0 Å². The predicted molar refractivity (Wildman–Crippen MR) is 224 cm³/mol. The van der Waals surface area contributed by atoms with Crippen LogP contribution < -0.4 is 0 Å². The van der Waals surface area contributed by atoms with Gasteiger partial charge in [0.15, 0.2) is 6.10 Å². The number of carbonyl (C=O) groups is 3. The van der Waals surface area contributed by atoms with Crippen molar-refractivity contribution in [2.75, 3.05) is 13.2 Å². The Hall–Kier alpha value is -1.59. The van der Waals surface area contributed by atoms with E-state index in [1.54, 1.807) is 0 Å². The molecule has 0 spiro atoms. The lowest BCUT2D eigenvalue weighted by Gasteiger charge is -2.18. The fraction of sp³-hybridized carbons (Fsp3) is 0.936. The molecule has 0 amide bonds. The number of esters is 3. The summed E-state index contributed by atoms with van der Waals surface area (Å²) in [6.07, 6.45) is 40.8. The Kier molecular flexibility index (Phi) is 40.3. The van der Waals surface area contributed by atoms with Crippen LogP contribution in [0.2, 0.25) is 0 Å². The molecule has 0 aromatic heterocycles. The van der Waals surface area contributed by atoms with Gasteiger partial charge in [0, 0.05) is 19.3 Å². The summed E-state index contributed by atoms with van der Waals surface area (Å²) in [5, 5.41) is 0. The fourth-order valence-corrected chi connectivity index (χ4v) is 6.98. The molecular formula is C47H90O6. The summed E-state index contributed by atoms with van der Waals surface area (Å²) >= 11 is 0. The molecule has 0 fully saturated rings. The molecule has 0 N–H and O–H groups in total. The molecule has 1 atom stereocenters. The molecule has 53 heavy (non-hydrogen) atoms. The molecule has 0 aromatic carbocycles. The molecule has 0 aliphatic carbocycles. The van der Waals surface area contributed by atoms with Crippen LogP contribution in [0.1, 0.15) is 259 Å². The first-order valence-corrected chi connectivity index (χ1v) is 23.4. The van der Waals surface area contributed by atoms with Crippen molar-refractivity contribution in [1.82, 2.24) is 0 Å². The summed E-state index contributed by atoms with van der Waals surface area (Å²) < 4.78 is 16.7. The smallest absolute Gasteiger partial charge is 0.306 e. The van der Waals surface area contributed by atoms with E-state index in [1.165, 1.54) is 154 Å². The summed E-state index contributed by atoms with van der Waals surface area (Å²) in [5.41, 5.74) is 0. The largest absolute Gasteiger partial charge is 0.462 e. The second-order valence-corrected chi connectivity index (χ2v) is 16.5. The minimum absolute atomic E-state index is 0.0636. The number of ether oxygens (including phenoxy) is 3. The maximum atomic E-state index is 12.7. The molecule has 0 aliphatic rings. The summed E-state index contributed by atoms with van der Waals surface area (Å²) in [6.45, 7) is 8.98. The van der Waals surface area contributed by atoms with Gasteiger partial charge in [0.25, 0.3) is 0 Å². The third-order valence-electron chi connectivity index (χ3n) is 10.5. The average molecular weight is 751 g/mol. The van der Waals surface area contributed by atoms with E-state index < -0.39 is 6.10 Å². The lowest BCUT2D eigenvalue weighted by atomic mass is 10.0. The van der Waals surface area contributed by atoms with Gasteiger partial charge in [-0.05, 0) is 25.2 Å². The van der Waals surface area contributed by atoms with Gasteiger partial charge < -0.3 is 14.2 Å². The minimum Gasteiger partial charge on any atom is -0.462 e. The number of hydrogen-bond acceptors (Lipinski definition) is 6. The van der Waals surface area contributed by atoms with Crippen molar-refractivity contribution in [3.8, 4) is 0 Å². The molecule has 6 nitrogen and oxygen atoms in total. The Labute approximate surface area is 329 Å². The van der Waals surface area contributed by atoms with Crippen LogP contribution in [0, 0.1) is 5.92 Å². The molecule has 0 aromatic rings. The van der Waals surface area contributed by atoms with Crippen LogP contribution in [0.4, 0.5) is 0 Å². The Morgan fingerprint density at radius 3 is 0.925 bits per heavy atom. The molecule has 6 heteroatoms. The van der Waals surface area contributed by atoms with Crippen molar-refractivity contribution >= 4 is 17.9 Å². The summed E-state index contributed by atoms with van der Waals surface area (Å²) in [5.74, 6) is -0.0347. The highest BCUT2D eigenvalue weighted by Gasteiger charge is 2.19. The van der Waals surface area contributed by atoms with Gasteiger partial charge in [-0.1, -0.05) is 220 Å². The van der Waals surface area contributed by atoms with Crippen molar-refractivity contribution in [1.29, 1.82) is 0 Å². The maximum absolute atomic E-state index is 12.7. The first-order valence-electron chi connectivity index (χ1n) is 23.4. The molecule has 0 unspecified atom stereocenters. The zero-order valence-electron chi connectivity index (χ0n) is 36.0. The van der Waals surface area contributed by atoms with E-state index >= 15 is 0 Å². The average Bonchev–Trinajstić information content (AvgIpc) is 3.14. The minimum atomic E-state index is -0.759. The van der Waals surface area contributed by atoms with E-state index in [0.717, 1.165) is 63.7 Å². The Morgan fingerprint density at radius 2 is 0.623 bits per heavy atom. The highest BCUT2D eigenvalue weighted by molar-refractivity contribution is 5.71. The van der Waals surface area contributed by atoms with Crippen molar-refractivity contribution in [2.24, 2.45) is 5.92 Å². The van der Waals surface area contributed by atoms with Crippen LogP contribution in [0.15, 0.2) is 0 Å². The molecule has 314 valence electrons. The van der Waals surface area contributed by atoms with Gasteiger partial charge in [0.2, 0.25) is 0 Å².